The fraction of sp³-hybridized carbons (Fsp3) is 0.400. The van der Waals surface area contributed by atoms with Gasteiger partial charge in [0, 0.05) is 19.2 Å². The molecule has 0 unspecified atom stereocenters. The van der Waals surface area contributed by atoms with Crippen LogP contribution in [0.3, 0.4) is 0 Å². The van der Waals surface area contributed by atoms with Gasteiger partial charge in [-0.05, 0) is 25.0 Å². The molecule has 0 aliphatic carbocycles. The number of piperidine rings is 1. The van der Waals surface area contributed by atoms with Gasteiger partial charge < -0.3 is 15.4 Å². The molecule has 2 rings (SSSR count). The molecular weight excluding hydrogens is 310 g/mol. The standard InChI is InChI=1S/C15H16F2N2O4/c16-11-4-10(5-12(17)6-11)15(22)23-8-13(20)19-3-1-2-9(7-19)14(18)21/h4-6,9H,1-3,7-8H2,(H2,18,21)/t9-/m0/s1. The van der Waals surface area contributed by atoms with Gasteiger partial charge in [-0.3, -0.25) is 9.59 Å². The lowest BCUT2D eigenvalue weighted by Gasteiger charge is -2.31. The first-order valence-corrected chi connectivity index (χ1v) is 7.07. The number of benzene rings is 1. The molecule has 1 aliphatic rings. The van der Waals surface area contributed by atoms with Crippen LogP contribution in [0.1, 0.15) is 23.2 Å². The molecule has 1 heterocycles. The highest BCUT2D eigenvalue weighted by Crippen LogP contribution is 2.16. The van der Waals surface area contributed by atoms with Crippen LogP contribution in [0.2, 0.25) is 0 Å². The lowest BCUT2D eigenvalue weighted by molar-refractivity contribution is -0.137. The van der Waals surface area contributed by atoms with Crippen molar-refractivity contribution in [1.82, 2.24) is 4.90 Å². The number of amides is 2. The SMILES string of the molecule is NC(=O)[C@H]1CCCN(C(=O)COC(=O)c2cc(F)cc(F)c2)C1. The Bertz CT molecular complexity index is 616. The van der Waals surface area contributed by atoms with E-state index in [4.69, 9.17) is 10.5 Å². The Morgan fingerprint density at radius 3 is 2.48 bits per heavy atom. The van der Waals surface area contributed by atoms with E-state index in [9.17, 15) is 23.2 Å². The zero-order chi connectivity index (χ0) is 17.0. The van der Waals surface area contributed by atoms with Crippen molar-refractivity contribution in [2.24, 2.45) is 11.7 Å². The molecule has 1 atom stereocenters. The molecule has 2 amide bonds. The van der Waals surface area contributed by atoms with Crippen molar-refractivity contribution in [2.45, 2.75) is 12.8 Å². The smallest absolute Gasteiger partial charge is 0.338 e. The summed E-state index contributed by atoms with van der Waals surface area (Å²) in [4.78, 5) is 36.2. The number of carbonyl (C=O) groups excluding carboxylic acids is 3. The number of esters is 1. The zero-order valence-corrected chi connectivity index (χ0v) is 12.3. The van der Waals surface area contributed by atoms with Crippen molar-refractivity contribution >= 4 is 17.8 Å². The second-order valence-corrected chi connectivity index (χ2v) is 5.32. The summed E-state index contributed by atoms with van der Waals surface area (Å²) in [5.74, 6) is -4.20. The predicted octanol–water partition coefficient (Wildman–Crippen LogP) is 0.845. The first-order chi connectivity index (χ1) is 10.9. The Morgan fingerprint density at radius 1 is 1.22 bits per heavy atom. The summed E-state index contributed by atoms with van der Waals surface area (Å²) < 4.78 is 30.8. The first kappa shape index (κ1) is 16.9. The number of rotatable bonds is 4. The summed E-state index contributed by atoms with van der Waals surface area (Å²) in [6.07, 6.45) is 1.24. The summed E-state index contributed by atoms with van der Waals surface area (Å²) in [6, 6.07) is 2.26. The maximum Gasteiger partial charge on any atom is 0.338 e. The third-order valence-corrected chi connectivity index (χ3v) is 3.60. The second kappa shape index (κ2) is 7.17. The minimum Gasteiger partial charge on any atom is -0.452 e. The van der Waals surface area contributed by atoms with E-state index in [0.29, 0.717) is 25.5 Å². The normalized spacial score (nSPS) is 17.7. The van der Waals surface area contributed by atoms with Crippen molar-refractivity contribution in [2.75, 3.05) is 19.7 Å². The van der Waals surface area contributed by atoms with E-state index in [1.54, 1.807) is 0 Å². The molecule has 1 aromatic carbocycles. The van der Waals surface area contributed by atoms with Crippen LogP contribution in [0.4, 0.5) is 8.78 Å². The van der Waals surface area contributed by atoms with Crippen LogP contribution in [-0.4, -0.2) is 42.4 Å². The Labute approximate surface area is 131 Å². The lowest BCUT2D eigenvalue weighted by atomic mass is 9.97. The molecule has 1 fully saturated rings. The van der Waals surface area contributed by atoms with Gasteiger partial charge in [0.2, 0.25) is 5.91 Å². The Balaban J connectivity index is 1.90. The summed E-state index contributed by atoms with van der Waals surface area (Å²) in [5, 5.41) is 0. The van der Waals surface area contributed by atoms with Crippen molar-refractivity contribution in [3.63, 3.8) is 0 Å². The van der Waals surface area contributed by atoms with Crippen LogP contribution in [0.15, 0.2) is 18.2 Å². The summed E-state index contributed by atoms with van der Waals surface area (Å²) >= 11 is 0. The van der Waals surface area contributed by atoms with E-state index < -0.39 is 41.9 Å². The van der Waals surface area contributed by atoms with E-state index in [1.165, 1.54) is 4.90 Å². The average Bonchev–Trinajstić information content (AvgIpc) is 2.51. The molecule has 6 nitrogen and oxygen atoms in total. The average molecular weight is 326 g/mol. The highest BCUT2D eigenvalue weighted by Gasteiger charge is 2.27. The van der Waals surface area contributed by atoms with Crippen molar-refractivity contribution < 1.29 is 27.9 Å². The Hall–Kier alpha value is -2.51. The maximum atomic E-state index is 13.0. The molecule has 124 valence electrons. The number of hydrogen-bond acceptors (Lipinski definition) is 4. The molecule has 0 bridgehead atoms. The number of carbonyl (C=O) groups is 3. The van der Waals surface area contributed by atoms with Gasteiger partial charge in [-0.2, -0.15) is 0 Å². The molecule has 0 radical (unpaired) electrons. The molecule has 0 aromatic heterocycles. The molecule has 1 aromatic rings. The zero-order valence-electron chi connectivity index (χ0n) is 12.3. The quantitative estimate of drug-likeness (QED) is 0.831. The Morgan fingerprint density at radius 2 is 1.87 bits per heavy atom. The van der Waals surface area contributed by atoms with E-state index >= 15 is 0 Å². The van der Waals surface area contributed by atoms with Gasteiger partial charge >= 0.3 is 5.97 Å². The first-order valence-electron chi connectivity index (χ1n) is 7.07. The molecule has 1 aliphatic heterocycles. The fourth-order valence-electron chi connectivity index (χ4n) is 2.41. The van der Waals surface area contributed by atoms with E-state index in [2.05, 4.69) is 0 Å². The van der Waals surface area contributed by atoms with Gasteiger partial charge in [0.15, 0.2) is 6.61 Å². The maximum absolute atomic E-state index is 13.0. The van der Waals surface area contributed by atoms with Crippen LogP contribution in [0.5, 0.6) is 0 Å². The molecule has 2 N–H and O–H groups in total. The van der Waals surface area contributed by atoms with Crippen LogP contribution < -0.4 is 5.73 Å². The van der Waals surface area contributed by atoms with Crippen molar-refractivity contribution in [1.29, 1.82) is 0 Å². The number of ether oxygens (including phenoxy) is 1. The predicted molar refractivity (Wildman–Crippen MR) is 75.1 cm³/mol. The van der Waals surface area contributed by atoms with Gasteiger partial charge in [0.05, 0.1) is 11.5 Å². The monoisotopic (exact) mass is 326 g/mol. The molecule has 1 saturated heterocycles. The molecule has 23 heavy (non-hydrogen) atoms. The second-order valence-electron chi connectivity index (χ2n) is 5.32. The molecule has 0 spiro atoms. The van der Waals surface area contributed by atoms with Gasteiger partial charge in [0.25, 0.3) is 5.91 Å². The highest BCUT2D eigenvalue weighted by molar-refractivity contribution is 5.91. The topological polar surface area (TPSA) is 89.7 Å². The molecule has 0 saturated carbocycles. The van der Waals surface area contributed by atoms with E-state index in [-0.39, 0.29) is 12.1 Å². The number of likely N-dealkylation sites (tertiary alicyclic amines) is 1. The number of nitrogens with two attached hydrogens (primary N) is 1. The number of hydrogen-bond donors (Lipinski definition) is 1. The number of nitrogens with zero attached hydrogens (tertiary/aromatic N) is 1. The number of halogens is 2. The van der Waals surface area contributed by atoms with Gasteiger partial charge in [-0.15, -0.1) is 0 Å². The van der Waals surface area contributed by atoms with Gasteiger partial charge in [-0.25, -0.2) is 13.6 Å². The third-order valence-electron chi connectivity index (χ3n) is 3.60. The van der Waals surface area contributed by atoms with Crippen LogP contribution in [-0.2, 0) is 14.3 Å². The Kier molecular flexibility index (Phi) is 5.25. The molecule has 8 heteroatoms. The minimum absolute atomic E-state index is 0.181. The van der Waals surface area contributed by atoms with Crippen LogP contribution in [0.25, 0.3) is 0 Å². The third kappa shape index (κ3) is 4.48. The number of primary amides is 1. The van der Waals surface area contributed by atoms with Gasteiger partial charge in [-0.1, -0.05) is 0 Å². The fourth-order valence-corrected chi connectivity index (χ4v) is 2.41. The molecular formula is C15H16F2N2O4. The van der Waals surface area contributed by atoms with Crippen LogP contribution >= 0.6 is 0 Å². The van der Waals surface area contributed by atoms with E-state index in [1.807, 2.05) is 0 Å². The van der Waals surface area contributed by atoms with E-state index in [0.717, 1.165) is 12.1 Å². The minimum atomic E-state index is -1.000. The summed E-state index contributed by atoms with van der Waals surface area (Å²) in [6.45, 7) is 0.0531. The van der Waals surface area contributed by atoms with Crippen molar-refractivity contribution in [3.05, 3.63) is 35.4 Å². The van der Waals surface area contributed by atoms with Gasteiger partial charge in [0.1, 0.15) is 11.6 Å². The lowest BCUT2D eigenvalue weighted by Crippen LogP contribution is -2.45. The van der Waals surface area contributed by atoms with Crippen LogP contribution in [0, 0.1) is 17.6 Å². The summed E-state index contributed by atoms with van der Waals surface area (Å²) in [5.41, 5.74) is 4.91. The van der Waals surface area contributed by atoms with Crippen molar-refractivity contribution in [3.8, 4) is 0 Å². The summed E-state index contributed by atoms with van der Waals surface area (Å²) in [7, 11) is 0. The highest BCUT2D eigenvalue weighted by atomic mass is 19.1. The largest absolute Gasteiger partial charge is 0.452 e.